The molecule has 0 heterocycles. The standard InChI is InChI=1S/C11H24N2/c1-3-12-9-10-7-5-6-8-11(10)13-4-2/h10-13H,3-9H2,1-2H3. The second kappa shape index (κ2) is 6.39. The predicted octanol–water partition coefficient (Wildman–Crippen LogP) is 1.76. The van der Waals surface area contributed by atoms with Crippen molar-refractivity contribution in [3.63, 3.8) is 0 Å². The molecular formula is C11H24N2. The van der Waals surface area contributed by atoms with Gasteiger partial charge in [0.2, 0.25) is 0 Å². The molecule has 2 atom stereocenters. The summed E-state index contributed by atoms with van der Waals surface area (Å²) in [6.07, 6.45) is 5.63. The zero-order valence-corrected chi connectivity index (χ0v) is 9.10. The quantitative estimate of drug-likeness (QED) is 0.680. The minimum Gasteiger partial charge on any atom is -0.317 e. The van der Waals surface area contributed by atoms with E-state index in [0.717, 1.165) is 25.0 Å². The van der Waals surface area contributed by atoms with E-state index < -0.39 is 0 Å². The van der Waals surface area contributed by atoms with E-state index in [9.17, 15) is 0 Å². The minimum absolute atomic E-state index is 0.776. The van der Waals surface area contributed by atoms with Crippen molar-refractivity contribution in [2.24, 2.45) is 5.92 Å². The second-order valence-corrected chi connectivity index (χ2v) is 4.02. The Morgan fingerprint density at radius 2 is 1.85 bits per heavy atom. The molecule has 2 nitrogen and oxygen atoms in total. The third kappa shape index (κ3) is 3.65. The van der Waals surface area contributed by atoms with E-state index in [2.05, 4.69) is 24.5 Å². The highest BCUT2D eigenvalue weighted by Crippen LogP contribution is 2.23. The lowest BCUT2D eigenvalue weighted by molar-refractivity contribution is 0.259. The van der Waals surface area contributed by atoms with Crippen molar-refractivity contribution in [3.8, 4) is 0 Å². The molecule has 0 aliphatic heterocycles. The van der Waals surface area contributed by atoms with Gasteiger partial charge in [0.15, 0.2) is 0 Å². The zero-order valence-electron chi connectivity index (χ0n) is 9.10. The van der Waals surface area contributed by atoms with Gasteiger partial charge in [0.25, 0.3) is 0 Å². The van der Waals surface area contributed by atoms with Crippen LogP contribution in [0.3, 0.4) is 0 Å². The average molecular weight is 184 g/mol. The fourth-order valence-electron chi connectivity index (χ4n) is 2.31. The van der Waals surface area contributed by atoms with Crippen LogP contribution in [0.25, 0.3) is 0 Å². The number of hydrogen-bond acceptors (Lipinski definition) is 2. The molecule has 1 rings (SSSR count). The summed E-state index contributed by atoms with van der Waals surface area (Å²) in [5, 5.41) is 7.07. The van der Waals surface area contributed by atoms with Crippen LogP contribution in [0.5, 0.6) is 0 Å². The molecule has 0 aromatic rings. The van der Waals surface area contributed by atoms with Crippen LogP contribution in [0, 0.1) is 5.92 Å². The molecule has 0 aromatic carbocycles. The Kier molecular flexibility index (Phi) is 5.40. The normalized spacial score (nSPS) is 29.1. The molecule has 0 amide bonds. The summed E-state index contributed by atoms with van der Waals surface area (Å²) in [5.74, 6) is 0.869. The van der Waals surface area contributed by atoms with Gasteiger partial charge in [-0.2, -0.15) is 0 Å². The molecule has 2 heteroatoms. The van der Waals surface area contributed by atoms with Gasteiger partial charge in [0, 0.05) is 6.04 Å². The van der Waals surface area contributed by atoms with Crippen molar-refractivity contribution >= 4 is 0 Å². The molecular weight excluding hydrogens is 160 g/mol. The highest BCUT2D eigenvalue weighted by molar-refractivity contribution is 4.81. The van der Waals surface area contributed by atoms with Crippen LogP contribution >= 0.6 is 0 Å². The average Bonchev–Trinajstić information content (AvgIpc) is 2.17. The number of rotatable bonds is 5. The Hall–Kier alpha value is -0.0800. The van der Waals surface area contributed by atoms with Crippen molar-refractivity contribution < 1.29 is 0 Å². The van der Waals surface area contributed by atoms with Crippen LogP contribution < -0.4 is 10.6 Å². The van der Waals surface area contributed by atoms with Crippen LogP contribution in [0.4, 0.5) is 0 Å². The molecule has 1 fully saturated rings. The monoisotopic (exact) mass is 184 g/mol. The van der Waals surface area contributed by atoms with Crippen LogP contribution in [-0.4, -0.2) is 25.7 Å². The number of hydrogen-bond donors (Lipinski definition) is 2. The second-order valence-electron chi connectivity index (χ2n) is 4.02. The lowest BCUT2D eigenvalue weighted by atomic mass is 9.84. The maximum absolute atomic E-state index is 3.60. The molecule has 0 spiro atoms. The molecule has 1 saturated carbocycles. The Labute approximate surface area is 82.5 Å². The molecule has 0 aromatic heterocycles. The number of nitrogens with one attached hydrogen (secondary N) is 2. The predicted molar refractivity (Wildman–Crippen MR) is 58.0 cm³/mol. The van der Waals surface area contributed by atoms with Gasteiger partial charge in [-0.05, 0) is 38.4 Å². The Morgan fingerprint density at radius 3 is 2.54 bits per heavy atom. The van der Waals surface area contributed by atoms with Gasteiger partial charge in [-0.15, -0.1) is 0 Å². The van der Waals surface area contributed by atoms with Gasteiger partial charge in [-0.1, -0.05) is 26.7 Å². The van der Waals surface area contributed by atoms with E-state index in [0.29, 0.717) is 0 Å². The zero-order chi connectivity index (χ0) is 9.52. The smallest absolute Gasteiger partial charge is 0.0107 e. The fraction of sp³-hybridized carbons (Fsp3) is 1.00. The Morgan fingerprint density at radius 1 is 1.08 bits per heavy atom. The largest absolute Gasteiger partial charge is 0.317 e. The topological polar surface area (TPSA) is 24.1 Å². The third-order valence-electron chi connectivity index (χ3n) is 3.03. The Bertz CT molecular complexity index is 123. The van der Waals surface area contributed by atoms with Crippen molar-refractivity contribution in [1.82, 2.24) is 10.6 Å². The molecule has 0 saturated heterocycles. The molecule has 78 valence electrons. The summed E-state index contributed by atoms with van der Waals surface area (Å²) in [6.45, 7) is 7.82. The van der Waals surface area contributed by atoms with Crippen molar-refractivity contribution in [1.29, 1.82) is 0 Å². The molecule has 2 N–H and O–H groups in total. The first kappa shape index (κ1) is 11.0. The molecule has 13 heavy (non-hydrogen) atoms. The van der Waals surface area contributed by atoms with Crippen LogP contribution in [0.1, 0.15) is 39.5 Å². The van der Waals surface area contributed by atoms with Gasteiger partial charge in [0.1, 0.15) is 0 Å². The van der Waals surface area contributed by atoms with E-state index in [1.54, 1.807) is 0 Å². The maximum atomic E-state index is 3.60. The summed E-state index contributed by atoms with van der Waals surface area (Å²) in [5.41, 5.74) is 0. The van der Waals surface area contributed by atoms with Crippen molar-refractivity contribution in [2.45, 2.75) is 45.6 Å². The highest BCUT2D eigenvalue weighted by atomic mass is 14.9. The lowest BCUT2D eigenvalue weighted by Gasteiger charge is -2.32. The summed E-state index contributed by atoms with van der Waals surface area (Å²) >= 11 is 0. The molecule has 1 aliphatic carbocycles. The summed E-state index contributed by atoms with van der Waals surface area (Å²) in [4.78, 5) is 0. The van der Waals surface area contributed by atoms with Gasteiger partial charge in [-0.25, -0.2) is 0 Å². The van der Waals surface area contributed by atoms with Gasteiger partial charge < -0.3 is 10.6 Å². The summed E-state index contributed by atoms with van der Waals surface area (Å²) in [7, 11) is 0. The van der Waals surface area contributed by atoms with E-state index >= 15 is 0 Å². The molecule has 1 aliphatic rings. The molecule has 2 unspecified atom stereocenters. The SMILES string of the molecule is CCNCC1CCCCC1NCC. The Balaban J connectivity index is 2.28. The van der Waals surface area contributed by atoms with Crippen molar-refractivity contribution in [2.75, 3.05) is 19.6 Å². The van der Waals surface area contributed by atoms with Crippen LogP contribution in [-0.2, 0) is 0 Å². The minimum atomic E-state index is 0.776. The molecule has 0 radical (unpaired) electrons. The van der Waals surface area contributed by atoms with Gasteiger partial charge in [0.05, 0.1) is 0 Å². The van der Waals surface area contributed by atoms with E-state index in [1.807, 2.05) is 0 Å². The fourth-order valence-corrected chi connectivity index (χ4v) is 2.31. The molecule has 0 bridgehead atoms. The van der Waals surface area contributed by atoms with E-state index in [1.165, 1.54) is 32.2 Å². The lowest BCUT2D eigenvalue weighted by Crippen LogP contribution is -2.42. The van der Waals surface area contributed by atoms with Crippen LogP contribution in [0.15, 0.2) is 0 Å². The van der Waals surface area contributed by atoms with E-state index in [-0.39, 0.29) is 0 Å². The third-order valence-corrected chi connectivity index (χ3v) is 3.03. The van der Waals surface area contributed by atoms with Crippen molar-refractivity contribution in [3.05, 3.63) is 0 Å². The van der Waals surface area contributed by atoms with Gasteiger partial charge in [-0.3, -0.25) is 0 Å². The maximum Gasteiger partial charge on any atom is 0.0107 e. The van der Waals surface area contributed by atoms with Gasteiger partial charge >= 0.3 is 0 Å². The summed E-state index contributed by atoms with van der Waals surface area (Å²) < 4.78 is 0. The first-order chi connectivity index (χ1) is 6.38. The highest BCUT2D eigenvalue weighted by Gasteiger charge is 2.23. The first-order valence-corrected chi connectivity index (χ1v) is 5.82. The summed E-state index contributed by atoms with van der Waals surface area (Å²) in [6, 6.07) is 0.776. The van der Waals surface area contributed by atoms with Crippen LogP contribution in [0.2, 0.25) is 0 Å². The van der Waals surface area contributed by atoms with E-state index in [4.69, 9.17) is 0 Å². The first-order valence-electron chi connectivity index (χ1n) is 5.82.